The first-order chi connectivity index (χ1) is 17.8. The summed E-state index contributed by atoms with van der Waals surface area (Å²) in [5, 5.41) is 4.09. The monoisotopic (exact) mass is 586 g/mol. The second kappa shape index (κ2) is 9.53. The Kier molecular flexibility index (Phi) is 7.06. The Hall–Kier alpha value is -3.09. The highest BCUT2D eigenvalue weighted by molar-refractivity contribution is 6.34. The van der Waals surface area contributed by atoms with E-state index >= 15 is 0 Å². The molecule has 1 saturated carbocycles. The van der Waals surface area contributed by atoms with Crippen LogP contribution in [-0.4, -0.2) is 27.9 Å². The van der Waals surface area contributed by atoms with Crippen molar-refractivity contribution in [2.75, 3.05) is 0 Å². The van der Waals surface area contributed by atoms with E-state index in [-0.39, 0.29) is 46.0 Å². The summed E-state index contributed by atoms with van der Waals surface area (Å²) in [5.74, 6) is 0.00423. The molecule has 1 aliphatic rings. The van der Waals surface area contributed by atoms with Gasteiger partial charge in [0.05, 0.1) is 22.5 Å². The van der Waals surface area contributed by atoms with Crippen LogP contribution in [0.2, 0.25) is 5.02 Å². The van der Waals surface area contributed by atoms with Gasteiger partial charge in [0.1, 0.15) is 0 Å². The van der Waals surface area contributed by atoms with Crippen LogP contribution in [0.5, 0.6) is 0 Å². The van der Waals surface area contributed by atoms with Crippen LogP contribution in [-0.2, 0) is 11.8 Å². The summed E-state index contributed by atoms with van der Waals surface area (Å²) >= 11 is 6.12. The van der Waals surface area contributed by atoms with Gasteiger partial charge < -0.3 is 0 Å². The molecule has 0 spiro atoms. The molecule has 0 unspecified atom stereocenters. The molecule has 0 aliphatic heterocycles. The van der Waals surface area contributed by atoms with Crippen LogP contribution in [0.15, 0.2) is 42.7 Å². The minimum atomic E-state index is -6.59. The molecule has 210 valence electrons. The molecule has 0 radical (unpaired) electrons. The second-order valence-corrected chi connectivity index (χ2v) is 9.68. The number of rotatable bonds is 6. The van der Waals surface area contributed by atoms with E-state index in [2.05, 4.69) is 5.10 Å². The SMILES string of the molecule is Cc1cc(C(F)(C(F)(F)F)C(F)(F)F)cc(C(F)(F)F)c1-c1cnn(-c2ccc(Cl)c(C(=O)CC3CC3)c2)c1. The highest BCUT2D eigenvalue weighted by Gasteiger charge is 2.73. The van der Waals surface area contributed by atoms with Gasteiger partial charge in [0.15, 0.2) is 5.78 Å². The zero-order chi connectivity index (χ0) is 29.1. The summed E-state index contributed by atoms with van der Waals surface area (Å²) in [6, 6.07) is 3.76. The van der Waals surface area contributed by atoms with Crippen LogP contribution >= 0.6 is 11.6 Å². The first-order valence-electron chi connectivity index (χ1n) is 11.3. The van der Waals surface area contributed by atoms with Crippen molar-refractivity contribution >= 4 is 17.4 Å². The molecule has 2 aromatic carbocycles. The molecule has 3 nitrogen and oxygen atoms in total. The summed E-state index contributed by atoms with van der Waals surface area (Å²) in [4.78, 5) is 12.5. The van der Waals surface area contributed by atoms with E-state index in [1.807, 2.05) is 0 Å². The summed E-state index contributed by atoms with van der Waals surface area (Å²) < 4.78 is 137. The molecule has 0 bridgehead atoms. The molecule has 0 N–H and O–H groups in total. The normalized spacial score (nSPS) is 15.1. The van der Waals surface area contributed by atoms with Crippen molar-refractivity contribution in [3.05, 3.63) is 70.0 Å². The van der Waals surface area contributed by atoms with Gasteiger partial charge in [-0.15, -0.1) is 0 Å². The molecular weight excluding hydrogens is 570 g/mol. The lowest BCUT2D eigenvalue weighted by Crippen LogP contribution is -2.50. The molecule has 4 rings (SSSR count). The molecule has 3 aromatic rings. The van der Waals surface area contributed by atoms with E-state index in [0.29, 0.717) is 0 Å². The number of hydrogen-bond donors (Lipinski definition) is 0. The topological polar surface area (TPSA) is 34.9 Å². The number of aromatic nitrogens is 2. The number of hydrogen-bond acceptors (Lipinski definition) is 2. The maximum atomic E-state index is 14.6. The molecule has 0 atom stereocenters. The summed E-state index contributed by atoms with van der Waals surface area (Å²) in [5.41, 5.74) is -11.6. The Morgan fingerprint density at radius 1 is 0.974 bits per heavy atom. The zero-order valence-electron chi connectivity index (χ0n) is 19.7. The minimum absolute atomic E-state index is 0.0832. The Labute approximate surface area is 219 Å². The average molecular weight is 587 g/mol. The van der Waals surface area contributed by atoms with Crippen LogP contribution < -0.4 is 0 Å². The quantitative estimate of drug-likeness (QED) is 0.214. The van der Waals surface area contributed by atoms with E-state index in [4.69, 9.17) is 11.6 Å². The summed E-state index contributed by atoms with van der Waals surface area (Å²) in [6.07, 6.45) is -14.6. The molecular formula is C25H17ClF10N2O. The van der Waals surface area contributed by atoms with Gasteiger partial charge in [-0.1, -0.05) is 17.7 Å². The lowest BCUT2D eigenvalue weighted by Gasteiger charge is -2.31. The highest BCUT2D eigenvalue weighted by Crippen LogP contribution is 2.55. The van der Waals surface area contributed by atoms with E-state index in [0.717, 1.165) is 36.8 Å². The fourth-order valence-electron chi connectivity index (χ4n) is 4.24. The van der Waals surface area contributed by atoms with Crippen molar-refractivity contribution in [1.29, 1.82) is 0 Å². The van der Waals surface area contributed by atoms with Crippen LogP contribution in [0.1, 0.15) is 46.3 Å². The Morgan fingerprint density at radius 2 is 1.59 bits per heavy atom. The second-order valence-electron chi connectivity index (χ2n) is 9.28. The maximum absolute atomic E-state index is 14.6. The maximum Gasteiger partial charge on any atom is 0.435 e. The zero-order valence-corrected chi connectivity index (χ0v) is 20.5. The Morgan fingerprint density at radius 3 is 2.13 bits per heavy atom. The van der Waals surface area contributed by atoms with Crippen molar-refractivity contribution < 1.29 is 48.7 Å². The highest BCUT2D eigenvalue weighted by atomic mass is 35.5. The lowest BCUT2D eigenvalue weighted by atomic mass is 9.87. The number of alkyl halides is 10. The van der Waals surface area contributed by atoms with Crippen LogP contribution in [0.25, 0.3) is 16.8 Å². The molecule has 0 amide bonds. The number of Topliss-reactive ketones (excluding diaryl/α,β-unsaturated/α-hetero) is 1. The third kappa shape index (κ3) is 5.37. The fraction of sp³-hybridized carbons (Fsp3) is 0.360. The predicted octanol–water partition coefficient (Wildman–Crippen LogP) is 8.79. The summed E-state index contributed by atoms with van der Waals surface area (Å²) in [6.45, 7) is 0.829. The number of benzene rings is 2. The van der Waals surface area contributed by atoms with E-state index in [1.54, 1.807) is 0 Å². The number of carbonyl (C=O) groups is 1. The van der Waals surface area contributed by atoms with Gasteiger partial charge in [-0.2, -0.15) is 44.6 Å². The largest absolute Gasteiger partial charge is 0.435 e. The molecule has 39 heavy (non-hydrogen) atoms. The third-order valence-corrected chi connectivity index (χ3v) is 6.71. The van der Waals surface area contributed by atoms with Crippen LogP contribution in [0, 0.1) is 12.8 Å². The van der Waals surface area contributed by atoms with Crippen molar-refractivity contribution in [3.63, 3.8) is 0 Å². The van der Waals surface area contributed by atoms with Crippen LogP contribution in [0.4, 0.5) is 43.9 Å². The molecule has 1 heterocycles. The predicted molar refractivity (Wildman–Crippen MR) is 120 cm³/mol. The van der Waals surface area contributed by atoms with Gasteiger partial charge in [-0.25, -0.2) is 9.07 Å². The first-order valence-corrected chi connectivity index (χ1v) is 11.6. The number of aryl methyl sites for hydroxylation is 1. The van der Waals surface area contributed by atoms with Gasteiger partial charge in [-0.3, -0.25) is 4.79 Å². The van der Waals surface area contributed by atoms with Gasteiger partial charge in [-0.05, 0) is 61.1 Å². The fourth-order valence-corrected chi connectivity index (χ4v) is 4.46. The van der Waals surface area contributed by atoms with Crippen LogP contribution in [0.3, 0.4) is 0 Å². The smallest absolute Gasteiger partial charge is 0.294 e. The first kappa shape index (κ1) is 28.9. The number of halogens is 11. The van der Waals surface area contributed by atoms with E-state index in [1.165, 1.54) is 18.2 Å². The number of nitrogens with zero attached hydrogens (tertiary/aromatic N) is 2. The van der Waals surface area contributed by atoms with Gasteiger partial charge in [0.25, 0.3) is 0 Å². The van der Waals surface area contributed by atoms with Gasteiger partial charge in [0.2, 0.25) is 0 Å². The Balaban J connectivity index is 1.82. The Bertz CT molecular complexity index is 1400. The van der Waals surface area contributed by atoms with E-state index in [9.17, 15) is 48.7 Å². The molecule has 1 aromatic heterocycles. The molecule has 14 heteroatoms. The lowest BCUT2D eigenvalue weighted by molar-refractivity contribution is -0.348. The third-order valence-electron chi connectivity index (χ3n) is 6.38. The van der Waals surface area contributed by atoms with Gasteiger partial charge in [0, 0.05) is 29.3 Å². The number of ketones is 1. The molecule has 1 aliphatic carbocycles. The molecule has 0 saturated heterocycles. The molecule has 1 fully saturated rings. The van der Waals surface area contributed by atoms with Crippen molar-refractivity contribution in [2.24, 2.45) is 5.92 Å². The van der Waals surface area contributed by atoms with Crippen molar-refractivity contribution in [2.45, 2.75) is 50.4 Å². The van der Waals surface area contributed by atoms with Crippen molar-refractivity contribution in [3.8, 4) is 16.8 Å². The van der Waals surface area contributed by atoms with E-state index < -0.39 is 52.5 Å². The standard InChI is InChI=1S/C25H17ClF10N2O/c1-12-6-15(22(27,24(31,32)33)25(34,35)36)8-18(23(28,29)30)21(12)14-10-37-38(11-14)16-4-5-19(26)17(9-16)20(39)7-13-2-3-13/h4-6,8-11,13H,2-3,7H2,1H3. The number of carbonyl (C=O) groups excluding carboxylic acids is 1. The average Bonchev–Trinajstić information content (AvgIpc) is 3.48. The van der Waals surface area contributed by atoms with Crippen molar-refractivity contribution in [1.82, 2.24) is 9.78 Å². The minimum Gasteiger partial charge on any atom is -0.294 e. The van der Waals surface area contributed by atoms with Gasteiger partial charge >= 0.3 is 24.2 Å². The summed E-state index contributed by atoms with van der Waals surface area (Å²) in [7, 11) is 0.